The first-order valence-corrected chi connectivity index (χ1v) is 11.0. The molecule has 1 N–H and O–H groups in total. The lowest BCUT2D eigenvalue weighted by molar-refractivity contribution is 0.0908. The van der Waals surface area contributed by atoms with Gasteiger partial charge in [-0.05, 0) is 43.4 Å². The largest absolute Gasteiger partial charge is 0.468 e. The summed E-state index contributed by atoms with van der Waals surface area (Å²) in [5.74, 6) is 0. The van der Waals surface area contributed by atoms with Crippen molar-refractivity contribution in [2.75, 3.05) is 31.8 Å². The van der Waals surface area contributed by atoms with Gasteiger partial charge in [0.15, 0.2) is 0 Å². The molecule has 7 heteroatoms. The fourth-order valence-corrected chi connectivity index (χ4v) is 4.84. The third-order valence-corrected chi connectivity index (χ3v) is 6.30. The monoisotopic (exact) mass is 420 g/mol. The second kappa shape index (κ2) is 8.59. The average Bonchev–Trinajstić information content (AvgIpc) is 3.30. The zero-order valence-electron chi connectivity index (χ0n) is 17.8. The molecule has 2 aliphatic rings. The number of morpholine rings is 1. The maximum atomic E-state index is 13.0. The molecular formula is C24H28N4O3. The third kappa shape index (κ3) is 3.74. The standard InChI is InChI=1S/C24H28N4O3/c1-30-24-26-22-20(27-18-12-13-19(27)16-31-15-18)10-5-11-21(22)28(24)23(29)25-14-6-9-17-7-3-2-4-8-17/h2-5,7-8,10-11,18-19H,6,9,12-16H2,1H3,(H,25,29)/t18-,19+. The molecule has 0 spiro atoms. The van der Waals surface area contributed by atoms with E-state index in [-0.39, 0.29) is 6.03 Å². The first-order chi connectivity index (χ1) is 15.3. The number of aromatic nitrogens is 2. The van der Waals surface area contributed by atoms with Gasteiger partial charge in [-0.2, -0.15) is 4.98 Å². The molecule has 2 saturated heterocycles. The number of carbonyl (C=O) groups excluding carboxylic acids is 1. The van der Waals surface area contributed by atoms with Gasteiger partial charge in [0, 0.05) is 6.54 Å². The molecule has 2 bridgehead atoms. The molecule has 31 heavy (non-hydrogen) atoms. The van der Waals surface area contributed by atoms with Gasteiger partial charge in [0.1, 0.15) is 5.52 Å². The van der Waals surface area contributed by atoms with Gasteiger partial charge in [-0.25, -0.2) is 9.36 Å². The molecule has 2 atom stereocenters. The van der Waals surface area contributed by atoms with Gasteiger partial charge in [-0.3, -0.25) is 0 Å². The summed E-state index contributed by atoms with van der Waals surface area (Å²) in [5.41, 5.74) is 3.90. The third-order valence-electron chi connectivity index (χ3n) is 6.30. The number of hydrogen-bond donors (Lipinski definition) is 1. The Morgan fingerprint density at radius 3 is 2.65 bits per heavy atom. The van der Waals surface area contributed by atoms with E-state index in [0.29, 0.717) is 24.6 Å². The number of anilines is 1. The highest BCUT2D eigenvalue weighted by atomic mass is 16.5. The summed E-state index contributed by atoms with van der Waals surface area (Å²) in [7, 11) is 1.55. The lowest BCUT2D eigenvalue weighted by Gasteiger charge is -2.36. The van der Waals surface area contributed by atoms with E-state index in [1.54, 1.807) is 11.7 Å². The Hall–Kier alpha value is -3.06. The summed E-state index contributed by atoms with van der Waals surface area (Å²) in [6.45, 7) is 2.07. The number of nitrogens with one attached hydrogen (secondary N) is 1. The Kier molecular flexibility index (Phi) is 5.51. The molecule has 0 unspecified atom stereocenters. The Labute approximate surface area is 182 Å². The van der Waals surface area contributed by atoms with Crippen LogP contribution >= 0.6 is 0 Å². The van der Waals surface area contributed by atoms with Crippen molar-refractivity contribution in [3.05, 3.63) is 54.1 Å². The van der Waals surface area contributed by atoms with Gasteiger partial charge in [0.25, 0.3) is 0 Å². The van der Waals surface area contributed by atoms with Crippen molar-refractivity contribution in [2.24, 2.45) is 0 Å². The highest BCUT2D eigenvalue weighted by molar-refractivity contribution is 5.97. The maximum absolute atomic E-state index is 13.0. The Balaban J connectivity index is 1.36. The highest BCUT2D eigenvalue weighted by Crippen LogP contribution is 2.38. The number of aryl methyl sites for hydroxylation is 1. The summed E-state index contributed by atoms with van der Waals surface area (Å²) in [4.78, 5) is 20.2. The van der Waals surface area contributed by atoms with Crippen LogP contribution in [0.5, 0.6) is 6.01 Å². The number of fused-ring (bicyclic) bond motifs is 3. The minimum atomic E-state index is -0.213. The first-order valence-electron chi connectivity index (χ1n) is 11.0. The Morgan fingerprint density at radius 1 is 1.13 bits per heavy atom. The number of hydrogen-bond acceptors (Lipinski definition) is 5. The molecule has 5 rings (SSSR count). The van der Waals surface area contributed by atoms with Crippen LogP contribution in [0.15, 0.2) is 48.5 Å². The van der Waals surface area contributed by atoms with Gasteiger partial charge in [-0.1, -0.05) is 36.4 Å². The molecule has 0 saturated carbocycles. The van der Waals surface area contributed by atoms with Crippen LogP contribution in [0.25, 0.3) is 11.0 Å². The predicted octanol–water partition coefficient (Wildman–Crippen LogP) is 3.60. The second-order valence-corrected chi connectivity index (χ2v) is 8.23. The SMILES string of the molecule is COc1nc2c(N3[C@@H]4CC[C@H]3COC4)cccc2n1C(=O)NCCCc1ccccc1. The number of nitrogens with zero attached hydrogens (tertiary/aromatic N) is 3. The van der Waals surface area contributed by atoms with E-state index in [2.05, 4.69) is 28.4 Å². The zero-order chi connectivity index (χ0) is 21.2. The summed E-state index contributed by atoms with van der Waals surface area (Å²) in [6, 6.07) is 17.1. The number of benzene rings is 2. The molecule has 1 amide bonds. The number of para-hydroxylation sites is 1. The van der Waals surface area contributed by atoms with Crippen LogP contribution in [0.3, 0.4) is 0 Å². The van der Waals surface area contributed by atoms with E-state index in [9.17, 15) is 4.79 Å². The zero-order valence-corrected chi connectivity index (χ0v) is 17.8. The van der Waals surface area contributed by atoms with Gasteiger partial charge < -0.3 is 19.7 Å². The van der Waals surface area contributed by atoms with Crippen molar-refractivity contribution in [1.29, 1.82) is 0 Å². The van der Waals surface area contributed by atoms with Gasteiger partial charge in [-0.15, -0.1) is 0 Å². The molecule has 0 radical (unpaired) electrons. The van der Waals surface area contributed by atoms with Crippen LogP contribution in [0.2, 0.25) is 0 Å². The molecule has 2 aromatic carbocycles. The van der Waals surface area contributed by atoms with E-state index in [1.165, 1.54) is 5.56 Å². The molecule has 3 aromatic rings. The summed E-state index contributed by atoms with van der Waals surface area (Å²) in [6.07, 6.45) is 4.04. The average molecular weight is 421 g/mol. The molecular weight excluding hydrogens is 392 g/mol. The number of rotatable bonds is 6. The molecule has 1 aromatic heterocycles. The quantitative estimate of drug-likeness (QED) is 0.617. The van der Waals surface area contributed by atoms with Gasteiger partial charge in [0.2, 0.25) is 0 Å². The first kappa shape index (κ1) is 19.9. The van der Waals surface area contributed by atoms with Gasteiger partial charge in [0.05, 0.1) is 43.6 Å². The van der Waals surface area contributed by atoms with Crippen LogP contribution in [0.1, 0.15) is 24.8 Å². The second-order valence-electron chi connectivity index (χ2n) is 8.23. The number of amides is 1. The summed E-state index contributed by atoms with van der Waals surface area (Å²) < 4.78 is 12.8. The van der Waals surface area contributed by atoms with Crippen LogP contribution in [-0.2, 0) is 11.2 Å². The Morgan fingerprint density at radius 2 is 1.90 bits per heavy atom. The molecule has 3 heterocycles. The van der Waals surface area contributed by atoms with Crippen LogP contribution in [0.4, 0.5) is 10.5 Å². The lowest BCUT2D eigenvalue weighted by atomic mass is 10.1. The minimum Gasteiger partial charge on any atom is -0.468 e. The van der Waals surface area contributed by atoms with E-state index < -0.39 is 0 Å². The van der Waals surface area contributed by atoms with Crippen molar-refractivity contribution in [1.82, 2.24) is 14.9 Å². The van der Waals surface area contributed by atoms with E-state index in [0.717, 1.165) is 55.6 Å². The normalized spacial score (nSPS) is 20.2. The Bertz CT molecular complexity index is 1050. The van der Waals surface area contributed by atoms with E-state index >= 15 is 0 Å². The fraction of sp³-hybridized carbons (Fsp3) is 0.417. The topological polar surface area (TPSA) is 68.6 Å². The molecule has 0 aliphatic carbocycles. The molecule has 162 valence electrons. The number of methoxy groups -OCH3 is 1. The summed E-state index contributed by atoms with van der Waals surface area (Å²) in [5, 5.41) is 3.02. The predicted molar refractivity (Wildman–Crippen MR) is 120 cm³/mol. The lowest BCUT2D eigenvalue weighted by Crippen LogP contribution is -2.46. The maximum Gasteiger partial charge on any atom is 0.330 e. The van der Waals surface area contributed by atoms with Crippen LogP contribution < -0.4 is 15.0 Å². The smallest absolute Gasteiger partial charge is 0.330 e. The van der Waals surface area contributed by atoms with Crippen molar-refractivity contribution < 1.29 is 14.3 Å². The fourth-order valence-electron chi connectivity index (χ4n) is 4.84. The van der Waals surface area contributed by atoms with Crippen LogP contribution in [-0.4, -0.2) is 54.5 Å². The molecule has 2 aliphatic heterocycles. The van der Waals surface area contributed by atoms with Crippen molar-refractivity contribution in [3.8, 4) is 6.01 Å². The van der Waals surface area contributed by atoms with Crippen LogP contribution in [0, 0.1) is 0 Å². The molecule has 2 fully saturated rings. The molecule has 7 nitrogen and oxygen atoms in total. The van der Waals surface area contributed by atoms with Crippen molar-refractivity contribution in [2.45, 2.75) is 37.8 Å². The van der Waals surface area contributed by atoms with Gasteiger partial charge >= 0.3 is 12.0 Å². The number of imidazole rings is 1. The van der Waals surface area contributed by atoms with Crippen molar-refractivity contribution in [3.63, 3.8) is 0 Å². The number of ether oxygens (including phenoxy) is 2. The van der Waals surface area contributed by atoms with E-state index in [1.807, 2.05) is 30.3 Å². The summed E-state index contributed by atoms with van der Waals surface area (Å²) >= 11 is 0. The van der Waals surface area contributed by atoms with Crippen molar-refractivity contribution >= 4 is 22.8 Å². The number of carbonyl (C=O) groups is 1. The minimum absolute atomic E-state index is 0.213. The van der Waals surface area contributed by atoms with E-state index in [4.69, 9.17) is 14.5 Å². The highest BCUT2D eigenvalue weighted by Gasteiger charge is 2.38.